The number of hydrogen-bond acceptors (Lipinski definition) is 4. The molecule has 2 aromatic rings. The Hall–Kier alpha value is -1.92. The van der Waals surface area contributed by atoms with Crippen molar-refractivity contribution in [2.45, 2.75) is 0 Å². The molecule has 0 radical (unpaired) electrons. The molecular formula is C19H18Cl2N2O3. The van der Waals surface area contributed by atoms with Crippen LogP contribution in [0, 0.1) is 0 Å². The summed E-state index contributed by atoms with van der Waals surface area (Å²) in [5.41, 5.74) is 1.08. The second-order valence-corrected chi connectivity index (χ2v) is 6.78. The minimum absolute atomic E-state index is 0.192. The van der Waals surface area contributed by atoms with Crippen molar-refractivity contribution in [2.24, 2.45) is 0 Å². The molecule has 3 rings (SSSR count). The fourth-order valence-corrected chi connectivity index (χ4v) is 3.15. The predicted octanol–water partition coefficient (Wildman–Crippen LogP) is 3.50. The van der Waals surface area contributed by atoms with Gasteiger partial charge in [-0.1, -0.05) is 35.3 Å². The van der Waals surface area contributed by atoms with Gasteiger partial charge in [0, 0.05) is 29.2 Å². The van der Waals surface area contributed by atoms with Gasteiger partial charge in [-0.05, 0) is 30.3 Å². The highest BCUT2D eigenvalue weighted by molar-refractivity contribution is 6.36. The van der Waals surface area contributed by atoms with E-state index in [4.69, 9.17) is 27.9 Å². The number of carbonyl (C=O) groups is 2. The zero-order valence-corrected chi connectivity index (χ0v) is 15.5. The third kappa shape index (κ3) is 4.62. The number of halogens is 2. The number of nitrogens with zero attached hydrogens (tertiary/aromatic N) is 1. The van der Waals surface area contributed by atoms with Crippen LogP contribution in [0.25, 0.3) is 0 Å². The minimum Gasteiger partial charge on any atom is -0.379 e. The molecule has 0 saturated carbocycles. The Balaban J connectivity index is 1.80. The summed E-state index contributed by atoms with van der Waals surface area (Å²) in [5, 5.41) is 3.57. The lowest BCUT2D eigenvalue weighted by molar-refractivity contribution is -0.118. The highest BCUT2D eigenvalue weighted by Gasteiger charge is 2.19. The zero-order valence-electron chi connectivity index (χ0n) is 14.0. The standard InChI is InChI=1S/C19H18Cl2N2O3/c20-13-5-6-17(22-18(24)12-23-7-9-26-10-8-23)15(11-13)19(25)14-3-1-2-4-16(14)21/h1-6,11H,7-10,12H2,(H,22,24). The normalized spacial score (nSPS) is 14.8. The lowest BCUT2D eigenvalue weighted by atomic mass is 10.0. The maximum Gasteiger partial charge on any atom is 0.238 e. The Morgan fingerprint density at radius 2 is 1.77 bits per heavy atom. The van der Waals surface area contributed by atoms with Crippen LogP contribution >= 0.6 is 23.2 Å². The number of ketones is 1. The van der Waals surface area contributed by atoms with Gasteiger partial charge in [0.1, 0.15) is 0 Å². The van der Waals surface area contributed by atoms with Crippen LogP contribution in [0.15, 0.2) is 42.5 Å². The first-order valence-electron chi connectivity index (χ1n) is 8.23. The van der Waals surface area contributed by atoms with E-state index >= 15 is 0 Å². The van der Waals surface area contributed by atoms with Gasteiger partial charge in [0.2, 0.25) is 5.91 Å². The van der Waals surface area contributed by atoms with Crippen LogP contribution in [0.5, 0.6) is 0 Å². The van der Waals surface area contributed by atoms with Gasteiger partial charge in [0.25, 0.3) is 0 Å². The number of amides is 1. The summed E-state index contributed by atoms with van der Waals surface area (Å²) in [7, 11) is 0. The van der Waals surface area contributed by atoms with Gasteiger partial charge >= 0.3 is 0 Å². The molecule has 7 heteroatoms. The van der Waals surface area contributed by atoms with Crippen molar-refractivity contribution in [2.75, 3.05) is 38.2 Å². The maximum absolute atomic E-state index is 12.9. The summed E-state index contributed by atoms with van der Waals surface area (Å²) < 4.78 is 5.28. The number of rotatable bonds is 5. The topological polar surface area (TPSA) is 58.6 Å². The third-order valence-corrected chi connectivity index (χ3v) is 4.65. The Labute approximate surface area is 161 Å². The SMILES string of the molecule is O=C(CN1CCOCC1)Nc1ccc(Cl)cc1C(=O)c1ccccc1Cl. The lowest BCUT2D eigenvalue weighted by Crippen LogP contribution is -2.41. The molecule has 1 saturated heterocycles. The van der Waals surface area contributed by atoms with Crippen LogP contribution < -0.4 is 5.32 Å². The average Bonchev–Trinajstić information content (AvgIpc) is 2.64. The summed E-state index contributed by atoms with van der Waals surface area (Å²) >= 11 is 12.2. The first kappa shape index (κ1) is 18.9. The molecule has 0 unspecified atom stereocenters. The molecule has 1 fully saturated rings. The van der Waals surface area contributed by atoms with Crippen molar-refractivity contribution in [1.82, 2.24) is 4.90 Å². The molecule has 26 heavy (non-hydrogen) atoms. The molecule has 1 heterocycles. The van der Waals surface area contributed by atoms with Gasteiger partial charge in [-0.25, -0.2) is 0 Å². The van der Waals surface area contributed by atoms with Gasteiger partial charge in [0.05, 0.1) is 30.5 Å². The van der Waals surface area contributed by atoms with Gasteiger partial charge < -0.3 is 10.1 Å². The first-order chi connectivity index (χ1) is 12.5. The molecule has 136 valence electrons. The van der Waals surface area contributed by atoms with E-state index in [2.05, 4.69) is 5.32 Å². The number of carbonyl (C=O) groups excluding carboxylic acids is 2. The van der Waals surface area contributed by atoms with E-state index in [0.29, 0.717) is 53.2 Å². The monoisotopic (exact) mass is 392 g/mol. The Morgan fingerprint density at radius 3 is 2.50 bits per heavy atom. The number of hydrogen-bond donors (Lipinski definition) is 1. The summed E-state index contributed by atoms with van der Waals surface area (Å²) in [5.74, 6) is -0.484. The van der Waals surface area contributed by atoms with Gasteiger partial charge in [-0.15, -0.1) is 0 Å². The number of anilines is 1. The van der Waals surface area contributed by atoms with E-state index in [9.17, 15) is 9.59 Å². The summed E-state index contributed by atoms with van der Waals surface area (Å²) in [6.07, 6.45) is 0. The van der Waals surface area contributed by atoms with Crippen molar-refractivity contribution in [3.05, 3.63) is 63.6 Å². The number of morpholine rings is 1. The fraction of sp³-hybridized carbons (Fsp3) is 0.263. The number of ether oxygens (including phenoxy) is 1. The minimum atomic E-state index is -0.292. The van der Waals surface area contributed by atoms with Crippen molar-refractivity contribution >= 4 is 40.6 Å². The van der Waals surface area contributed by atoms with E-state index in [-0.39, 0.29) is 18.2 Å². The highest BCUT2D eigenvalue weighted by atomic mass is 35.5. The number of nitrogens with one attached hydrogen (secondary N) is 1. The second kappa shape index (κ2) is 8.64. The summed E-state index contributed by atoms with van der Waals surface area (Å²) in [4.78, 5) is 27.3. The molecule has 1 aliphatic rings. The van der Waals surface area contributed by atoms with E-state index < -0.39 is 0 Å². The molecule has 0 bridgehead atoms. The first-order valence-corrected chi connectivity index (χ1v) is 8.99. The second-order valence-electron chi connectivity index (χ2n) is 5.94. The molecule has 1 amide bonds. The van der Waals surface area contributed by atoms with Crippen LogP contribution in [0.1, 0.15) is 15.9 Å². The number of benzene rings is 2. The summed E-state index contributed by atoms with van der Waals surface area (Å²) in [6, 6.07) is 11.6. The van der Waals surface area contributed by atoms with E-state index in [1.807, 2.05) is 4.90 Å². The average molecular weight is 393 g/mol. The van der Waals surface area contributed by atoms with Crippen LogP contribution in [0.3, 0.4) is 0 Å². The van der Waals surface area contributed by atoms with Gasteiger partial charge in [-0.3, -0.25) is 14.5 Å². The quantitative estimate of drug-likeness (QED) is 0.791. The molecule has 0 spiro atoms. The molecule has 2 aromatic carbocycles. The van der Waals surface area contributed by atoms with E-state index in [1.165, 1.54) is 6.07 Å². The Bertz CT molecular complexity index is 820. The zero-order chi connectivity index (χ0) is 18.5. The van der Waals surface area contributed by atoms with Crippen LogP contribution in [0.2, 0.25) is 10.0 Å². The van der Waals surface area contributed by atoms with E-state index in [0.717, 1.165) is 0 Å². The molecular weight excluding hydrogens is 375 g/mol. The summed E-state index contributed by atoms with van der Waals surface area (Å²) in [6.45, 7) is 2.89. The third-order valence-electron chi connectivity index (χ3n) is 4.09. The van der Waals surface area contributed by atoms with Gasteiger partial charge in [0.15, 0.2) is 5.78 Å². The predicted molar refractivity (Wildman–Crippen MR) is 102 cm³/mol. The highest BCUT2D eigenvalue weighted by Crippen LogP contribution is 2.26. The molecule has 0 aromatic heterocycles. The van der Waals surface area contributed by atoms with Crippen molar-refractivity contribution in [3.8, 4) is 0 Å². The van der Waals surface area contributed by atoms with Crippen LogP contribution in [-0.2, 0) is 9.53 Å². The van der Waals surface area contributed by atoms with Crippen LogP contribution in [0.4, 0.5) is 5.69 Å². The largest absolute Gasteiger partial charge is 0.379 e. The molecule has 1 N–H and O–H groups in total. The van der Waals surface area contributed by atoms with Crippen molar-refractivity contribution < 1.29 is 14.3 Å². The Morgan fingerprint density at radius 1 is 1.04 bits per heavy atom. The van der Waals surface area contributed by atoms with Gasteiger partial charge in [-0.2, -0.15) is 0 Å². The van der Waals surface area contributed by atoms with Crippen LogP contribution in [-0.4, -0.2) is 49.4 Å². The molecule has 0 atom stereocenters. The molecule has 5 nitrogen and oxygen atoms in total. The smallest absolute Gasteiger partial charge is 0.238 e. The fourth-order valence-electron chi connectivity index (χ4n) is 2.76. The molecule has 0 aliphatic carbocycles. The maximum atomic E-state index is 12.9. The Kier molecular flexibility index (Phi) is 6.27. The van der Waals surface area contributed by atoms with E-state index in [1.54, 1.807) is 36.4 Å². The molecule has 1 aliphatic heterocycles. The lowest BCUT2D eigenvalue weighted by Gasteiger charge is -2.26. The van der Waals surface area contributed by atoms with Crippen molar-refractivity contribution in [1.29, 1.82) is 0 Å². The van der Waals surface area contributed by atoms with Crippen molar-refractivity contribution in [3.63, 3.8) is 0 Å².